The van der Waals surface area contributed by atoms with Crippen LogP contribution in [0.25, 0.3) is 0 Å². The van der Waals surface area contributed by atoms with Gasteiger partial charge >= 0.3 is 11.9 Å². The molecular formula is C10H19NO4. The van der Waals surface area contributed by atoms with Gasteiger partial charge in [0.1, 0.15) is 12.1 Å². The fraction of sp³-hybridized carbons (Fsp3) is 0.800. The lowest BCUT2D eigenvalue weighted by atomic mass is 10.2. The van der Waals surface area contributed by atoms with Gasteiger partial charge in [-0.15, -0.1) is 0 Å². The molecule has 5 nitrogen and oxygen atoms in total. The summed E-state index contributed by atoms with van der Waals surface area (Å²) >= 11 is 0. The Morgan fingerprint density at radius 1 is 1.00 bits per heavy atom. The van der Waals surface area contributed by atoms with Crippen molar-refractivity contribution in [2.45, 2.75) is 39.8 Å². The van der Waals surface area contributed by atoms with E-state index in [1.165, 1.54) is 0 Å². The summed E-state index contributed by atoms with van der Waals surface area (Å²) in [6.07, 6.45) is 0. The quantitative estimate of drug-likeness (QED) is 0.655. The highest BCUT2D eigenvalue weighted by atomic mass is 16.5. The van der Waals surface area contributed by atoms with Crippen molar-refractivity contribution >= 4 is 11.9 Å². The molecule has 88 valence electrons. The summed E-state index contributed by atoms with van der Waals surface area (Å²) in [5, 5.41) is 2.80. The van der Waals surface area contributed by atoms with Crippen LogP contribution in [0.1, 0.15) is 27.7 Å². The highest BCUT2D eigenvalue weighted by Gasteiger charge is 2.21. The molecule has 2 atom stereocenters. The molecule has 0 aromatic rings. The summed E-state index contributed by atoms with van der Waals surface area (Å²) < 4.78 is 9.58. The third-order valence-corrected chi connectivity index (χ3v) is 1.78. The first-order chi connectivity index (χ1) is 7.02. The predicted molar refractivity (Wildman–Crippen MR) is 55.3 cm³/mol. The van der Waals surface area contributed by atoms with Crippen molar-refractivity contribution in [1.82, 2.24) is 5.32 Å². The highest BCUT2D eigenvalue weighted by molar-refractivity contribution is 5.79. The minimum atomic E-state index is -0.510. The SMILES string of the molecule is CCOC(=O)[C@H](C)N[C@H](C)C(=O)OCC. The lowest BCUT2D eigenvalue weighted by Gasteiger charge is -2.17. The van der Waals surface area contributed by atoms with E-state index in [9.17, 15) is 9.59 Å². The van der Waals surface area contributed by atoms with E-state index in [-0.39, 0.29) is 11.9 Å². The molecule has 0 unspecified atom stereocenters. The van der Waals surface area contributed by atoms with E-state index >= 15 is 0 Å². The molecule has 5 heteroatoms. The van der Waals surface area contributed by atoms with Crippen molar-refractivity contribution in [1.29, 1.82) is 0 Å². The summed E-state index contributed by atoms with van der Waals surface area (Å²) in [6.45, 7) is 7.43. The van der Waals surface area contributed by atoms with Gasteiger partial charge in [0.2, 0.25) is 0 Å². The summed E-state index contributed by atoms with van der Waals surface area (Å²) in [6, 6.07) is -1.02. The number of nitrogens with one attached hydrogen (secondary N) is 1. The maximum atomic E-state index is 11.2. The van der Waals surface area contributed by atoms with Crippen molar-refractivity contribution < 1.29 is 19.1 Å². The molecule has 0 heterocycles. The number of carbonyl (C=O) groups excluding carboxylic acids is 2. The molecule has 0 aromatic heterocycles. The van der Waals surface area contributed by atoms with E-state index < -0.39 is 12.1 Å². The second-order valence-corrected chi connectivity index (χ2v) is 3.11. The fourth-order valence-electron chi connectivity index (χ4n) is 1.05. The van der Waals surface area contributed by atoms with Gasteiger partial charge in [-0.1, -0.05) is 0 Å². The summed E-state index contributed by atoms with van der Waals surface area (Å²) in [4.78, 5) is 22.4. The molecule has 0 aliphatic rings. The average molecular weight is 217 g/mol. The normalized spacial score (nSPS) is 14.1. The number of hydrogen-bond acceptors (Lipinski definition) is 5. The van der Waals surface area contributed by atoms with Crippen molar-refractivity contribution in [3.63, 3.8) is 0 Å². The van der Waals surface area contributed by atoms with Gasteiger partial charge in [-0.3, -0.25) is 14.9 Å². The van der Waals surface area contributed by atoms with Crippen LogP contribution in [0.2, 0.25) is 0 Å². The molecule has 0 aliphatic heterocycles. The zero-order valence-corrected chi connectivity index (χ0v) is 9.70. The van der Waals surface area contributed by atoms with Crippen molar-refractivity contribution in [3.8, 4) is 0 Å². The molecular weight excluding hydrogens is 198 g/mol. The first-order valence-corrected chi connectivity index (χ1v) is 5.12. The van der Waals surface area contributed by atoms with Gasteiger partial charge in [-0.25, -0.2) is 0 Å². The standard InChI is InChI=1S/C10H19NO4/c1-5-14-9(12)7(3)11-8(4)10(13)15-6-2/h7-8,11H,5-6H2,1-4H3/t7-,8+. The minimum Gasteiger partial charge on any atom is -0.465 e. The Kier molecular flexibility index (Phi) is 6.70. The predicted octanol–water partition coefficient (Wildman–Crippen LogP) is 0.479. The summed E-state index contributed by atoms with van der Waals surface area (Å²) in [5.74, 6) is -0.734. The van der Waals surface area contributed by atoms with Crippen LogP contribution < -0.4 is 5.32 Å². The summed E-state index contributed by atoms with van der Waals surface area (Å²) in [7, 11) is 0. The molecule has 0 saturated heterocycles. The van der Waals surface area contributed by atoms with Gasteiger partial charge in [-0.2, -0.15) is 0 Å². The van der Waals surface area contributed by atoms with Crippen molar-refractivity contribution in [2.75, 3.05) is 13.2 Å². The number of ether oxygens (including phenoxy) is 2. The topological polar surface area (TPSA) is 64.6 Å². The number of hydrogen-bond donors (Lipinski definition) is 1. The van der Waals surface area contributed by atoms with Gasteiger partial charge in [0, 0.05) is 0 Å². The minimum absolute atomic E-state index is 0.332. The van der Waals surface area contributed by atoms with Crippen molar-refractivity contribution in [2.24, 2.45) is 0 Å². The van der Waals surface area contributed by atoms with Crippen molar-refractivity contribution in [3.05, 3.63) is 0 Å². The van der Waals surface area contributed by atoms with Crippen LogP contribution in [0.15, 0.2) is 0 Å². The Balaban J connectivity index is 3.99. The lowest BCUT2D eigenvalue weighted by Crippen LogP contribution is -2.45. The Bertz CT molecular complexity index is 195. The van der Waals surface area contributed by atoms with Crippen LogP contribution >= 0.6 is 0 Å². The van der Waals surface area contributed by atoms with Crippen LogP contribution in [0.4, 0.5) is 0 Å². The van der Waals surface area contributed by atoms with Crippen LogP contribution in [0.5, 0.6) is 0 Å². The second kappa shape index (κ2) is 7.23. The zero-order chi connectivity index (χ0) is 11.8. The molecule has 0 aromatic carbocycles. The van der Waals surface area contributed by atoms with E-state index in [0.29, 0.717) is 13.2 Å². The van der Waals surface area contributed by atoms with Gasteiger partial charge in [0.25, 0.3) is 0 Å². The molecule has 1 N–H and O–H groups in total. The van der Waals surface area contributed by atoms with E-state index in [0.717, 1.165) is 0 Å². The lowest BCUT2D eigenvalue weighted by molar-refractivity contribution is -0.148. The van der Waals surface area contributed by atoms with E-state index in [4.69, 9.17) is 9.47 Å². The number of esters is 2. The third kappa shape index (κ3) is 5.37. The van der Waals surface area contributed by atoms with Crippen LogP contribution in [-0.4, -0.2) is 37.2 Å². The highest BCUT2D eigenvalue weighted by Crippen LogP contribution is 1.94. The van der Waals surface area contributed by atoms with Crippen LogP contribution in [-0.2, 0) is 19.1 Å². The zero-order valence-electron chi connectivity index (χ0n) is 9.70. The van der Waals surface area contributed by atoms with E-state index in [1.807, 2.05) is 0 Å². The third-order valence-electron chi connectivity index (χ3n) is 1.78. The monoisotopic (exact) mass is 217 g/mol. The molecule has 15 heavy (non-hydrogen) atoms. The van der Waals surface area contributed by atoms with E-state index in [1.54, 1.807) is 27.7 Å². The fourth-order valence-corrected chi connectivity index (χ4v) is 1.05. The molecule has 0 rings (SSSR count). The van der Waals surface area contributed by atoms with Crippen LogP contribution in [0, 0.1) is 0 Å². The van der Waals surface area contributed by atoms with E-state index in [2.05, 4.69) is 5.32 Å². The van der Waals surface area contributed by atoms with Gasteiger partial charge in [0.15, 0.2) is 0 Å². The largest absolute Gasteiger partial charge is 0.465 e. The molecule has 0 saturated carbocycles. The smallest absolute Gasteiger partial charge is 0.322 e. The average Bonchev–Trinajstić information content (AvgIpc) is 2.18. The Morgan fingerprint density at radius 3 is 1.60 bits per heavy atom. The number of rotatable bonds is 6. The first-order valence-electron chi connectivity index (χ1n) is 5.12. The Morgan fingerprint density at radius 2 is 1.33 bits per heavy atom. The second-order valence-electron chi connectivity index (χ2n) is 3.11. The molecule has 0 fully saturated rings. The number of carbonyl (C=O) groups is 2. The molecule has 0 spiro atoms. The first kappa shape index (κ1) is 13.9. The molecule has 0 amide bonds. The van der Waals surface area contributed by atoms with Gasteiger partial charge in [0.05, 0.1) is 13.2 Å². The van der Waals surface area contributed by atoms with Gasteiger partial charge in [-0.05, 0) is 27.7 Å². The van der Waals surface area contributed by atoms with Gasteiger partial charge < -0.3 is 9.47 Å². The molecule has 0 bridgehead atoms. The molecule has 0 radical (unpaired) electrons. The van der Waals surface area contributed by atoms with Crippen LogP contribution in [0.3, 0.4) is 0 Å². The maximum absolute atomic E-state index is 11.2. The summed E-state index contributed by atoms with van der Waals surface area (Å²) in [5.41, 5.74) is 0. The Hall–Kier alpha value is -1.10. The molecule has 0 aliphatic carbocycles. The Labute approximate surface area is 90.1 Å². The maximum Gasteiger partial charge on any atom is 0.322 e.